The lowest BCUT2D eigenvalue weighted by molar-refractivity contribution is -0.235. The largest absolute Gasteiger partial charge is 0.481 e. The maximum Gasteiger partial charge on any atom is 0.416 e. The van der Waals surface area contributed by atoms with E-state index in [-0.39, 0.29) is 63.3 Å². The molecule has 0 radical (unpaired) electrons. The summed E-state index contributed by atoms with van der Waals surface area (Å²) in [5, 5.41) is 15.7. The van der Waals surface area contributed by atoms with Gasteiger partial charge in [0.2, 0.25) is 5.91 Å². The Morgan fingerprint density at radius 2 is 1.44 bits per heavy atom. The van der Waals surface area contributed by atoms with Crippen molar-refractivity contribution in [3.63, 3.8) is 0 Å². The van der Waals surface area contributed by atoms with E-state index in [2.05, 4.69) is 45.3 Å². The van der Waals surface area contributed by atoms with Crippen LogP contribution in [0.25, 0.3) is 0 Å². The highest BCUT2D eigenvalue weighted by Gasteiger charge is 2.71. The Bertz CT molecular complexity index is 2050. The second kappa shape index (κ2) is 14.4. The fourth-order valence-corrected chi connectivity index (χ4v) is 14.5. The highest BCUT2D eigenvalue weighted by molar-refractivity contribution is 6.03. The molecule has 6 aliphatic rings. The third-order valence-electron chi connectivity index (χ3n) is 18.3. The molecule has 6 aliphatic carbocycles. The SMILES string of the molecule is CC(C)C1=C2[C@H]3CC[C@@H]4[C@@]5(C)CC[C@H](OC(=O)C6C[C@@H](C(=O)O)C6(C)C)C(C)(C)[C@@H]5CC[C@@]4(C)[C@]3(C)CC[C@@]2(NC(=O)C(C)(C)NC(=O)c2ccc(C(F)(F)F)cc2)CC1=O. The Morgan fingerprint density at radius 3 is 2.02 bits per heavy atom. The molecule has 7 rings (SSSR count). The van der Waals surface area contributed by atoms with Gasteiger partial charge in [0, 0.05) is 17.4 Å². The summed E-state index contributed by atoms with van der Waals surface area (Å²) >= 11 is 0. The number of ketones is 1. The number of hydrogen-bond acceptors (Lipinski definition) is 6. The molecule has 12 heteroatoms. The molecule has 1 unspecified atom stereocenters. The summed E-state index contributed by atoms with van der Waals surface area (Å²) in [6.07, 6.45) is 2.44. The lowest BCUT2D eigenvalue weighted by Gasteiger charge is -2.72. The molecule has 0 aliphatic heterocycles. The molecule has 0 aromatic heterocycles. The van der Waals surface area contributed by atoms with Crippen LogP contribution >= 0.6 is 0 Å². The van der Waals surface area contributed by atoms with Crippen molar-refractivity contribution in [2.24, 2.45) is 62.6 Å². The zero-order valence-corrected chi connectivity index (χ0v) is 38.0. The highest BCUT2D eigenvalue weighted by Crippen LogP contribution is 2.76. The first kappa shape index (κ1) is 45.3. The van der Waals surface area contributed by atoms with Crippen LogP contribution in [0.2, 0.25) is 0 Å². The standard InChI is InChI=1S/C49H67F3N2O7/c1-26(2)36-32(55)25-48(54-41(60)44(7,8)53-38(56)27-12-14-28(15-13-27)49(50,51)52)23-22-46(10)29(37(36)48)16-17-34-45(9)20-19-35(43(5,6)33(45)18-21-47(34,46)11)61-40(59)31-24-30(39(57)58)42(31,3)4/h12-15,26,29-31,33-35H,16-25H2,1-11H3,(H,53,56)(H,54,60)(H,57,58)/t29-,30+,31?,33+,34-,35+,45+,46-,47-,48-/m1/s1. The van der Waals surface area contributed by atoms with Crippen molar-refractivity contribution in [3.05, 3.63) is 46.5 Å². The van der Waals surface area contributed by atoms with Crippen molar-refractivity contribution in [1.82, 2.24) is 10.6 Å². The summed E-state index contributed by atoms with van der Waals surface area (Å²) in [6.45, 7) is 22.8. The van der Waals surface area contributed by atoms with E-state index in [1.165, 1.54) is 0 Å². The number of carboxylic acids is 1. The third-order valence-corrected chi connectivity index (χ3v) is 18.3. The van der Waals surface area contributed by atoms with Crippen molar-refractivity contribution in [2.45, 2.75) is 164 Å². The molecule has 0 spiro atoms. The Kier molecular flexibility index (Phi) is 10.7. The molecular formula is C49H67F3N2O7. The van der Waals surface area contributed by atoms with Gasteiger partial charge in [-0.05, 0) is 152 Å². The number of alkyl halides is 3. The molecule has 3 N–H and O–H groups in total. The van der Waals surface area contributed by atoms with Crippen LogP contribution in [0.4, 0.5) is 13.2 Å². The van der Waals surface area contributed by atoms with E-state index in [0.29, 0.717) is 24.7 Å². The first-order valence-electron chi connectivity index (χ1n) is 22.5. The number of hydrogen-bond donors (Lipinski definition) is 3. The van der Waals surface area contributed by atoms with Crippen molar-refractivity contribution < 1.29 is 47.0 Å². The second-order valence-corrected chi connectivity index (χ2v) is 22.7. The van der Waals surface area contributed by atoms with Gasteiger partial charge >= 0.3 is 18.1 Å². The van der Waals surface area contributed by atoms with E-state index in [0.717, 1.165) is 80.4 Å². The number of carbonyl (C=O) groups excluding carboxylic acids is 4. The molecule has 10 atom stereocenters. The number of allylic oxidation sites excluding steroid dienone is 1. The number of amides is 2. The second-order valence-electron chi connectivity index (χ2n) is 22.7. The van der Waals surface area contributed by atoms with E-state index in [1.807, 2.05) is 27.7 Å². The lowest BCUT2D eigenvalue weighted by atomic mass is 9.33. The molecule has 5 saturated carbocycles. The predicted molar refractivity (Wildman–Crippen MR) is 224 cm³/mol. The molecule has 0 bridgehead atoms. The van der Waals surface area contributed by atoms with Crippen LogP contribution in [0.15, 0.2) is 35.4 Å². The van der Waals surface area contributed by atoms with Crippen LogP contribution in [-0.2, 0) is 30.1 Å². The van der Waals surface area contributed by atoms with Gasteiger partial charge < -0.3 is 20.5 Å². The van der Waals surface area contributed by atoms with E-state index < -0.39 is 57.9 Å². The number of halogens is 3. The lowest BCUT2D eigenvalue weighted by Crippen LogP contribution is -2.68. The van der Waals surface area contributed by atoms with Crippen LogP contribution in [0, 0.1) is 62.6 Å². The predicted octanol–water partition coefficient (Wildman–Crippen LogP) is 9.72. The first-order valence-corrected chi connectivity index (χ1v) is 22.5. The fraction of sp³-hybridized carbons (Fsp3) is 0.735. The Hall–Kier alpha value is -3.70. The monoisotopic (exact) mass is 852 g/mol. The average molecular weight is 853 g/mol. The summed E-state index contributed by atoms with van der Waals surface area (Å²) in [5.41, 5.74) is -2.65. The molecule has 5 fully saturated rings. The average Bonchev–Trinajstić information content (AvgIpc) is 3.43. The Balaban J connectivity index is 1.12. The number of carboxylic acid groups (broad SMARTS) is 1. The van der Waals surface area contributed by atoms with Crippen molar-refractivity contribution in [2.75, 3.05) is 0 Å². The molecule has 1 aromatic carbocycles. The van der Waals surface area contributed by atoms with Crippen LogP contribution in [0.3, 0.4) is 0 Å². The van der Waals surface area contributed by atoms with Gasteiger partial charge in [0.05, 0.1) is 22.9 Å². The number of nitrogens with one attached hydrogen (secondary N) is 2. The molecule has 0 heterocycles. The van der Waals surface area contributed by atoms with E-state index in [1.54, 1.807) is 13.8 Å². The zero-order chi connectivity index (χ0) is 45.3. The summed E-state index contributed by atoms with van der Waals surface area (Å²) < 4.78 is 46.0. The van der Waals surface area contributed by atoms with Crippen molar-refractivity contribution in [3.8, 4) is 0 Å². The van der Waals surface area contributed by atoms with Gasteiger partial charge in [-0.1, -0.05) is 62.3 Å². The number of aliphatic carboxylic acids is 1. The molecule has 0 saturated heterocycles. The number of carbonyl (C=O) groups is 5. The Labute approximate surface area is 359 Å². The summed E-state index contributed by atoms with van der Waals surface area (Å²) in [4.78, 5) is 67.2. The van der Waals surface area contributed by atoms with E-state index >= 15 is 0 Å². The maximum absolute atomic E-state index is 14.4. The van der Waals surface area contributed by atoms with Gasteiger partial charge in [0.15, 0.2) is 5.78 Å². The minimum Gasteiger partial charge on any atom is -0.481 e. The van der Waals surface area contributed by atoms with Gasteiger partial charge in [-0.25, -0.2) is 0 Å². The molecule has 336 valence electrons. The first-order chi connectivity index (χ1) is 28.0. The van der Waals surface area contributed by atoms with Crippen LogP contribution < -0.4 is 10.6 Å². The number of esters is 1. The topological polar surface area (TPSA) is 139 Å². The number of fused-ring (bicyclic) bond motifs is 7. The van der Waals surface area contributed by atoms with Crippen LogP contribution in [-0.4, -0.2) is 51.8 Å². The maximum atomic E-state index is 14.4. The quantitative estimate of drug-likeness (QED) is 0.222. The van der Waals surface area contributed by atoms with Crippen LogP contribution in [0.1, 0.15) is 156 Å². The minimum atomic E-state index is -4.55. The molecule has 61 heavy (non-hydrogen) atoms. The van der Waals surface area contributed by atoms with E-state index in [9.17, 15) is 42.3 Å². The van der Waals surface area contributed by atoms with Crippen molar-refractivity contribution >= 4 is 29.5 Å². The molecule has 9 nitrogen and oxygen atoms in total. The Morgan fingerprint density at radius 1 is 0.803 bits per heavy atom. The number of benzene rings is 1. The van der Waals surface area contributed by atoms with Gasteiger partial charge in [-0.2, -0.15) is 13.2 Å². The highest BCUT2D eigenvalue weighted by atomic mass is 19.4. The van der Waals surface area contributed by atoms with Crippen LogP contribution in [0.5, 0.6) is 0 Å². The minimum absolute atomic E-state index is 0.00103. The smallest absolute Gasteiger partial charge is 0.416 e. The zero-order valence-electron chi connectivity index (χ0n) is 38.0. The van der Waals surface area contributed by atoms with Gasteiger partial charge in [0.25, 0.3) is 5.91 Å². The summed E-state index contributed by atoms with van der Waals surface area (Å²) in [5.74, 6) is -2.57. The molecule has 2 amide bonds. The van der Waals surface area contributed by atoms with Gasteiger partial charge in [0.1, 0.15) is 11.6 Å². The molecule has 1 aromatic rings. The normalized spacial score (nSPS) is 37.7. The summed E-state index contributed by atoms with van der Waals surface area (Å²) in [7, 11) is 0. The third kappa shape index (κ3) is 6.80. The number of rotatable bonds is 8. The number of Topliss-reactive ketones (excluding diaryl/α,β-unsaturated/α-hetero) is 1. The van der Waals surface area contributed by atoms with E-state index in [4.69, 9.17) is 4.74 Å². The fourth-order valence-electron chi connectivity index (χ4n) is 14.5. The number of ether oxygens (including phenoxy) is 1. The van der Waals surface area contributed by atoms with Crippen molar-refractivity contribution in [1.29, 1.82) is 0 Å². The van der Waals surface area contributed by atoms with Gasteiger partial charge in [-0.15, -0.1) is 0 Å². The van der Waals surface area contributed by atoms with Gasteiger partial charge in [-0.3, -0.25) is 24.0 Å². The summed E-state index contributed by atoms with van der Waals surface area (Å²) in [6, 6.07) is 3.88. The molecular weight excluding hydrogens is 786 g/mol.